The molecular weight excluding hydrogens is 330 g/mol. The van der Waals surface area contributed by atoms with Gasteiger partial charge >= 0.3 is 5.97 Å². The number of thiophene rings is 1. The molecule has 1 aliphatic rings. The van der Waals surface area contributed by atoms with Gasteiger partial charge in [-0.1, -0.05) is 0 Å². The number of fused-ring (bicyclic) bond motifs is 1. The highest BCUT2D eigenvalue weighted by atomic mass is 32.1. The summed E-state index contributed by atoms with van der Waals surface area (Å²) in [7, 11) is 0. The summed E-state index contributed by atoms with van der Waals surface area (Å²) in [6, 6.07) is 1.78. The van der Waals surface area contributed by atoms with E-state index in [9.17, 15) is 14.4 Å². The summed E-state index contributed by atoms with van der Waals surface area (Å²) in [4.78, 5) is 42.6. The summed E-state index contributed by atoms with van der Waals surface area (Å²) >= 11 is 1.32. The normalized spacial score (nSPS) is 17.9. The number of aromatic nitrogens is 2. The molecule has 8 heteroatoms. The Morgan fingerprint density at radius 1 is 1.46 bits per heavy atom. The van der Waals surface area contributed by atoms with Gasteiger partial charge in [0.15, 0.2) is 0 Å². The maximum atomic E-state index is 12.5. The van der Waals surface area contributed by atoms with Crippen molar-refractivity contribution in [1.29, 1.82) is 0 Å². The van der Waals surface area contributed by atoms with Crippen molar-refractivity contribution in [2.45, 2.75) is 26.3 Å². The molecular formula is C16H19N3O4S. The number of rotatable bonds is 4. The molecule has 0 spiro atoms. The molecule has 0 unspecified atom stereocenters. The van der Waals surface area contributed by atoms with E-state index in [1.54, 1.807) is 23.3 Å². The number of ether oxygens (including phenoxy) is 1. The molecule has 0 aromatic carbocycles. The van der Waals surface area contributed by atoms with Crippen LogP contribution >= 0.6 is 11.3 Å². The zero-order valence-electron chi connectivity index (χ0n) is 13.4. The van der Waals surface area contributed by atoms with E-state index in [-0.39, 0.29) is 29.9 Å². The maximum absolute atomic E-state index is 12.5. The summed E-state index contributed by atoms with van der Waals surface area (Å²) in [6.45, 7) is 2.99. The van der Waals surface area contributed by atoms with Crippen molar-refractivity contribution in [3.8, 4) is 0 Å². The van der Waals surface area contributed by atoms with Gasteiger partial charge in [0, 0.05) is 13.1 Å². The van der Waals surface area contributed by atoms with Crippen molar-refractivity contribution in [2.75, 3.05) is 19.7 Å². The van der Waals surface area contributed by atoms with Gasteiger partial charge in [0.2, 0.25) is 5.91 Å². The molecule has 1 atom stereocenters. The van der Waals surface area contributed by atoms with Crippen LogP contribution in [0.25, 0.3) is 10.2 Å². The second kappa shape index (κ2) is 7.12. The number of carbonyl (C=O) groups is 2. The van der Waals surface area contributed by atoms with E-state index in [2.05, 4.69) is 4.98 Å². The molecule has 1 aliphatic heterocycles. The van der Waals surface area contributed by atoms with Gasteiger partial charge in [0.25, 0.3) is 5.56 Å². The SMILES string of the molecule is CCOC(=O)[C@@H]1CCCN(C(=O)Cn2cnc3ccsc3c2=O)C1. The van der Waals surface area contributed by atoms with Gasteiger partial charge in [-0.05, 0) is 31.2 Å². The summed E-state index contributed by atoms with van der Waals surface area (Å²) in [5.74, 6) is -0.713. The zero-order chi connectivity index (χ0) is 17.1. The predicted octanol–water partition coefficient (Wildman–Crippen LogP) is 1.26. The van der Waals surface area contributed by atoms with Crippen LogP contribution in [0.2, 0.25) is 0 Å². The van der Waals surface area contributed by atoms with Gasteiger partial charge in [-0.25, -0.2) is 4.98 Å². The van der Waals surface area contributed by atoms with Crippen LogP contribution in [0.15, 0.2) is 22.6 Å². The average Bonchev–Trinajstić information content (AvgIpc) is 3.07. The standard InChI is InChI=1S/C16H19N3O4S/c1-2-23-16(22)11-4-3-6-18(8-11)13(20)9-19-10-17-12-5-7-24-14(12)15(19)21/h5,7,10-11H,2-4,6,8-9H2,1H3/t11-/m1/s1. The highest BCUT2D eigenvalue weighted by Crippen LogP contribution is 2.18. The monoisotopic (exact) mass is 349 g/mol. The molecule has 0 radical (unpaired) electrons. The minimum absolute atomic E-state index is 0.0603. The molecule has 0 aliphatic carbocycles. The van der Waals surface area contributed by atoms with Gasteiger partial charge in [0.1, 0.15) is 11.2 Å². The Bertz CT molecular complexity index is 813. The van der Waals surface area contributed by atoms with E-state index in [1.165, 1.54) is 22.2 Å². The van der Waals surface area contributed by atoms with Crippen LogP contribution in [-0.4, -0.2) is 46.0 Å². The first-order chi connectivity index (χ1) is 11.6. The Morgan fingerprint density at radius 2 is 2.29 bits per heavy atom. The molecule has 3 heterocycles. The highest BCUT2D eigenvalue weighted by molar-refractivity contribution is 7.17. The number of piperidine rings is 1. The van der Waals surface area contributed by atoms with E-state index in [0.717, 1.165) is 12.8 Å². The van der Waals surface area contributed by atoms with Crippen molar-refractivity contribution in [2.24, 2.45) is 5.92 Å². The van der Waals surface area contributed by atoms with Crippen molar-refractivity contribution in [3.63, 3.8) is 0 Å². The Labute approximate surface area is 142 Å². The van der Waals surface area contributed by atoms with Crippen LogP contribution < -0.4 is 5.56 Å². The zero-order valence-corrected chi connectivity index (χ0v) is 14.3. The lowest BCUT2D eigenvalue weighted by Crippen LogP contribution is -2.44. The molecule has 0 bridgehead atoms. The quantitative estimate of drug-likeness (QED) is 0.776. The molecule has 1 fully saturated rings. The molecule has 24 heavy (non-hydrogen) atoms. The van der Waals surface area contributed by atoms with E-state index < -0.39 is 0 Å². The van der Waals surface area contributed by atoms with Crippen molar-refractivity contribution < 1.29 is 14.3 Å². The van der Waals surface area contributed by atoms with Crippen LogP contribution in [0.5, 0.6) is 0 Å². The topological polar surface area (TPSA) is 81.5 Å². The summed E-state index contributed by atoms with van der Waals surface area (Å²) in [5.41, 5.74) is 0.441. The van der Waals surface area contributed by atoms with Crippen LogP contribution in [0.4, 0.5) is 0 Å². The molecule has 2 aromatic heterocycles. The minimum atomic E-state index is -0.280. The van der Waals surface area contributed by atoms with E-state index in [0.29, 0.717) is 29.9 Å². The second-order valence-electron chi connectivity index (χ2n) is 5.74. The second-order valence-corrected chi connectivity index (χ2v) is 6.66. The van der Waals surface area contributed by atoms with Crippen LogP contribution in [-0.2, 0) is 20.9 Å². The summed E-state index contributed by atoms with van der Waals surface area (Å²) in [6.07, 6.45) is 2.89. The lowest BCUT2D eigenvalue weighted by atomic mass is 9.98. The first-order valence-electron chi connectivity index (χ1n) is 7.97. The third-order valence-corrected chi connectivity index (χ3v) is 5.03. The van der Waals surface area contributed by atoms with Gasteiger partial charge in [-0.3, -0.25) is 19.0 Å². The minimum Gasteiger partial charge on any atom is -0.466 e. The van der Waals surface area contributed by atoms with E-state index in [4.69, 9.17) is 4.74 Å². The number of carbonyl (C=O) groups excluding carboxylic acids is 2. The predicted molar refractivity (Wildman–Crippen MR) is 89.8 cm³/mol. The number of esters is 1. The number of nitrogens with zero attached hydrogens (tertiary/aromatic N) is 3. The van der Waals surface area contributed by atoms with Crippen molar-refractivity contribution >= 4 is 33.4 Å². The number of likely N-dealkylation sites (tertiary alicyclic amines) is 1. The van der Waals surface area contributed by atoms with E-state index >= 15 is 0 Å². The average molecular weight is 349 g/mol. The largest absolute Gasteiger partial charge is 0.466 e. The Balaban J connectivity index is 1.70. The first-order valence-corrected chi connectivity index (χ1v) is 8.85. The fourth-order valence-corrected chi connectivity index (χ4v) is 3.69. The number of amides is 1. The molecule has 2 aromatic rings. The third kappa shape index (κ3) is 3.33. The van der Waals surface area contributed by atoms with Crippen LogP contribution in [0, 0.1) is 5.92 Å². The molecule has 0 N–H and O–H groups in total. The van der Waals surface area contributed by atoms with Gasteiger partial charge in [-0.2, -0.15) is 0 Å². The van der Waals surface area contributed by atoms with Gasteiger partial charge in [0.05, 0.1) is 24.4 Å². The molecule has 7 nitrogen and oxygen atoms in total. The smallest absolute Gasteiger partial charge is 0.310 e. The van der Waals surface area contributed by atoms with Crippen LogP contribution in [0.1, 0.15) is 19.8 Å². The molecule has 1 saturated heterocycles. The number of hydrogen-bond donors (Lipinski definition) is 0. The van der Waals surface area contributed by atoms with Crippen molar-refractivity contribution in [1.82, 2.24) is 14.5 Å². The van der Waals surface area contributed by atoms with Crippen LogP contribution in [0.3, 0.4) is 0 Å². The lowest BCUT2D eigenvalue weighted by Gasteiger charge is -2.31. The maximum Gasteiger partial charge on any atom is 0.310 e. The highest BCUT2D eigenvalue weighted by Gasteiger charge is 2.29. The molecule has 1 amide bonds. The first kappa shape index (κ1) is 16.6. The summed E-state index contributed by atoms with van der Waals surface area (Å²) < 4.78 is 6.92. The lowest BCUT2D eigenvalue weighted by molar-refractivity contribution is -0.151. The van der Waals surface area contributed by atoms with E-state index in [1.807, 2.05) is 0 Å². The van der Waals surface area contributed by atoms with Gasteiger partial charge in [-0.15, -0.1) is 11.3 Å². The van der Waals surface area contributed by atoms with Gasteiger partial charge < -0.3 is 9.64 Å². The Kier molecular flexibility index (Phi) is 4.94. The summed E-state index contributed by atoms with van der Waals surface area (Å²) in [5, 5.41) is 1.81. The molecule has 3 rings (SSSR count). The molecule has 0 saturated carbocycles. The fourth-order valence-electron chi connectivity index (χ4n) is 2.89. The number of hydrogen-bond acceptors (Lipinski definition) is 6. The van der Waals surface area contributed by atoms with Crippen molar-refractivity contribution in [3.05, 3.63) is 28.1 Å². The Hall–Kier alpha value is -2.22. The molecule has 128 valence electrons. The third-order valence-electron chi connectivity index (χ3n) is 4.14. The fraction of sp³-hybridized carbons (Fsp3) is 0.500. The Morgan fingerprint density at radius 3 is 3.08 bits per heavy atom.